The molecule has 0 bridgehead atoms. The van der Waals surface area contributed by atoms with Gasteiger partial charge in [0.15, 0.2) is 0 Å². The molecule has 0 saturated carbocycles. The van der Waals surface area contributed by atoms with Gasteiger partial charge in [-0.15, -0.1) is 0 Å². The molecule has 0 radical (unpaired) electrons. The molecular formula is C13H14N4O3. The third-order valence-corrected chi connectivity index (χ3v) is 2.98. The normalized spacial score (nSPS) is 10.3. The van der Waals surface area contributed by atoms with Gasteiger partial charge in [-0.05, 0) is 25.5 Å². The smallest absolute Gasteiger partial charge is 0.320 e. The van der Waals surface area contributed by atoms with Crippen LogP contribution in [-0.4, -0.2) is 20.6 Å². The molecule has 0 atom stereocenters. The molecule has 1 aromatic heterocycles. The Morgan fingerprint density at radius 3 is 2.60 bits per heavy atom. The summed E-state index contributed by atoms with van der Waals surface area (Å²) in [6.45, 7) is 3.35. The lowest BCUT2D eigenvalue weighted by atomic mass is 10.2. The molecule has 0 aliphatic heterocycles. The molecule has 1 aromatic carbocycles. The Balaban J connectivity index is 2.40. The van der Waals surface area contributed by atoms with E-state index in [-0.39, 0.29) is 17.1 Å². The predicted molar refractivity (Wildman–Crippen MR) is 73.7 cm³/mol. The minimum atomic E-state index is -0.588. The van der Waals surface area contributed by atoms with Crippen LogP contribution in [0.3, 0.4) is 0 Å². The lowest BCUT2D eigenvalue weighted by Gasteiger charge is -2.07. The van der Waals surface area contributed by atoms with E-state index < -0.39 is 10.8 Å². The second-order valence-corrected chi connectivity index (χ2v) is 4.43. The van der Waals surface area contributed by atoms with Crippen molar-refractivity contribution in [3.05, 3.63) is 51.3 Å². The Hall–Kier alpha value is -2.70. The van der Waals surface area contributed by atoms with Crippen LogP contribution in [0.15, 0.2) is 24.3 Å². The van der Waals surface area contributed by atoms with E-state index in [9.17, 15) is 14.9 Å². The topological polar surface area (TPSA) is 90.1 Å². The molecule has 0 spiro atoms. The average molecular weight is 274 g/mol. The van der Waals surface area contributed by atoms with Crippen molar-refractivity contribution in [1.82, 2.24) is 9.78 Å². The molecule has 7 heteroatoms. The Bertz CT molecular complexity index is 691. The van der Waals surface area contributed by atoms with Gasteiger partial charge in [0, 0.05) is 12.7 Å². The van der Waals surface area contributed by atoms with Crippen LogP contribution in [0.5, 0.6) is 0 Å². The van der Waals surface area contributed by atoms with Crippen molar-refractivity contribution in [2.24, 2.45) is 7.05 Å². The van der Waals surface area contributed by atoms with Crippen molar-refractivity contribution in [3.8, 4) is 0 Å². The number of nitro groups is 1. The largest absolute Gasteiger partial charge is 0.322 e. The Morgan fingerprint density at radius 1 is 1.35 bits per heavy atom. The second kappa shape index (κ2) is 5.12. The van der Waals surface area contributed by atoms with Crippen molar-refractivity contribution in [3.63, 3.8) is 0 Å². The van der Waals surface area contributed by atoms with Crippen molar-refractivity contribution in [2.45, 2.75) is 13.8 Å². The molecule has 0 saturated heterocycles. The van der Waals surface area contributed by atoms with Crippen molar-refractivity contribution in [1.29, 1.82) is 0 Å². The molecule has 7 nitrogen and oxygen atoms in total. The summed E-state index contributed by atoms with van der Waals surface area (Å²) >= 11 is 0. The molecular weight excluding hydrogens is 260 g/mol. The fraction of sp³-hybridized carbons (Fsp3) is 0.231. The standard InChI is InChI=1S/C13H14N4O3/c1-8-6-4-5-7-10(8)14-13(18)12-11(17(19)20)9(2)15-16(12)3/h4-7H,1-3H3,(H,14,18). The molecule has 0 unspecified atom stereocenters. The van der Waals surface area contributed by atoms with Crippen LogP contribution in [0, 0.1) is 24.0 Å². The zero-order valence-electron chi connectivity index (χ0n) is 11.4. The number of carbonyl (C=O) groups is 1. The van der Waals surface area contributed by atoms with Gasteiger partial charge in [0.05, 0.1) is 4.92 Å². The summed E-state index contributed by atoms with van der Waals surface area (Å²) < 4.78 is 1.22. The van der Waals surface area contributed by atoms with Crippen LogP contribution in [0.1, 0.15) is 21.7 Å². The highest BCUT2D eigenvalue weighted by Gasteiger charge is 2.29. The number of benzene rings is 1. The maximum atomic E-state index is 12.2. The van der Waals surface area contributed by atoms with E-state index in [1.54, 1.807) is 12.1 Å². The number of nitrogens with zero attached hydrogens (tertiary/aromatic N) is 3. The molecule has 2 aromatic rings. The molecule has 1 N–H and O–H groups in total. The maximum absolute atomic E-state index is 12.2. The lowest BCUT2D eigenvalue weighted by molar-refractivity contribution is -0.385. The second-order valence-electron chi connectivity index (χ2n) is 4.43. The molecule has 0 aliphatic carbocycles. The molecule has 0 fully saturated rings. The highest BCUT2D eigenvalue weighted by Crippen LogP contribution is 2.24. The summed E-state index contributed by atoms with van der Waals surface area (Å²) in [7, 11) is 1.51. The number of hydrogen-bond acceptors (Lipinski definition) is 4. The summed E-state index contributed by atoms with van der Waals surface area (Å²) in [4.78, 5) is 22.7. The first-order valence-corrected chi connectivity index (χ1v) is 5.96. The third kappa shape index (κ3) is 2.37. The van der Waals surface area contributed by atoms with Crippen molar-refractivity contribution >= 4 is 17.3 Å². The van der Waals surface area contributed by atoms with Gasteiger partial charge >= 0.3 is 5.69 Å². The van der Waals surface area contributed by atoms with Crippen LogP contribution in [-0.2, 0) is 7.05 Å². The highest BCUT2D eigenvalue weighted by atomic mass is 16.6. The molecule has 2 rings (SSSR count). The summed E-state index contributed by atoms with van der Waals surface area (Å²) in [6.07, 6.45) is 0. The molecule has 0 aliphatic rings. The highest BCUT2D eigenvalue weighted by molar-refractivity contribution is 6.06. The molecule has 104 valence electrons. The quantitative estimate of drug-likeness (QED) is 0.686. The van der Waals surface area contributed by atoms with E-state index >= 15 is 0 Å². The van der Waals surface area contributed by atoms with E-state index in [0.29, 0.717) is 5.69 Å². The summed E-state index contributed by atoms with van der Waals surface area (Å²) in [5.74, 6) is -0.547. The minimum absolute atomic E-state index is 0.0595. The Labute approximate surface area is 115 Å². The van der Waals surface area contributed by atoms with E-state index in [1.165, 1.54) is 18.7 Å². The predicted octanol–water partition coefficient (Wildman–Crippen LogP) is 2.20. The number of hydrogen-bond donors (Lipinski definition) is 1. The fourth-order valence-electron chi connectivity index (χ4n) is 2.01. The number of rotatable bonds is 3. The molecule has 20 heavy (non-hydrogen) atoms. The lowest BCUT2D eigenvalue weighted by Crippen LogP contribution is -2.18. The third-order valence-electron chi connectivity index (χ3n) is 2.98. The van der Waals surface area contributed by atoms with Gasteiger partial charge in [0.1, 0.15) is 5.69 Å². The van der Waals surface area contributed by atoms with Gasteiger partial charge in [-0.3, -0.25) is 19.6 Å². The van der Waals surface area contributed by atoms with E-state index in [1.807, 2.05) is 19.1 Å². The average Bonchev–Trinajstić information content (AvgIpc) is 2.67. The van der Waals surface area contributed by atoms with Crippen molar-refractivity contribution < 1.29 is 9.72 Å². The van der Waals surface area contributed by atoms with Gasteiger partial charge in [-0.25, -0.2) is 0 Å². The monoisotopic (exact) mass is 274 g/mol. The zero-order valence-corrected chi connectivity index (χ0v) is 11.4. The van der Waals surface area contributed by atoms with Crippen LogP contribution in [0.4, 0.5) is 11.4 Å². The van der Waals surface area contributed by atoms with Crippen LogP contribution >= 0.6 is 0 Å². The fourth-order valence-corrected chi connectivity index (χ4v) is 2.01. The Morgan fingerprint density at radius 2 is 2.00 bits per heavy atom. The summed E-state index contributed by atoms with van der Waals surface area (Å²) in [5, 5.41) is 17.7. The van der Waals surface area contributed by atoms with Crippen molar-refractivity contribution in [2.75, 3.05) is 5.32 Å². The van der Waals surface area contributed by atoms with E-state index in [0.717, 1.165) is 5.56 Å². The van der Waals surface area contributed by atoms with Gasteiger partial charge < -0.3 is 5.32 Å². The van der Waals surface area contributed by atoms with Gasteiger partial charge in [0.2, 0.25) is 5.69 Å². The minimum Gasteiger partial charge on any atom is -0.320 e. The van der Waals surface area contributed by atoms with Gasteiger partial charge in [-0.2, -0.15) is 5.10 Å². The van der Waals surface area contributed by atoms with Gasteiger partial charge in [-0.1, -0.05) is 18.2 Å². The maximum Gasteiger partial charge on any atom is 0.322 e. The summed E-state index contributed by atoms with van der Waals surface area (Å²) in [6, 6.07) is 7.22. The number of nitrogens with one attached hydrogen (secondary N) is 1. The number of anilines is 1. The van der Waals surface area contributed by atoms with Crippen LogP contribution in [0.25, 0.3) is 0 Å². The number of carbonyl (C=O) groups excluding carboxylic acids is 1. The first-order chi connectivity index (χ1) is 9.41. The number of aryl methyl sites for hydroxylation is 3. The molecule has 1 heterocycles. The number of para-hydroxylation sites is 1. The Kier molecular flexibility index (Phi) is 3.51. The first kappa shape index (κ1) is 13.7. The van der Waals surface area contributed by atoms with E-state index in [4.69, 9.17) is 0 Å². The van der Waals surface area contributed by atoms with E-state index in [2.05, 4.69) is 10.4 Å². The van der Waals surface area contributed by atoms with Gasteiger partial charge in [0.25, 0.3) is 5.91 Å². The number of aromatic nitrogens is 2. The SMILES string of the molecule is Cc1ccccc1NC(=O)c1c([N+](=O)[O-])c(C)nn1C. The molecule has 1 amide bonds. The zero-order chi connectivity index (χ0) is 14.9. The van der Waals surface area contributed by atoms with Crippen LogP contribution in [0.2, 0.25) is 0 Å². The number of amides is 1. The summed E-state index contributed by atoms with van der Waals surface area (Å²) in [5.41, 5.74) is 1.38. The first-order valence-electron chi connectivity index (χ1n) is 5.96. The van der Waals surface area contributed by atoms with Crippen LogP contribution < -0.4 is 5.32 Å².